The van der Waals surface area contributed by atoms with Gasteiger partial charge < -0.3 is 14.6 Å². The van der Waals surface area contributed by atoms with E-state index in [4.69, 9.17) is 26.2 Å². The number of rotatable bonds is 9. The van der Waals surface area contributed by atoms with Crippen LogP contribution in [0.5, 0.6) is 11.5 Å². The number of allylic oxidation sites excluding steroid dienone is 1. The number of nitro groups is 1. The number of carboxylic acid groups (broad SMARTS) is 1. The van der Waals surface area contributed by atoms with E-state index < -0.39 is 10.9 Å². The molecule has 0 aliphatic heterocycles. The summed E-state index contributed by atoms with van der Waals surface area (Å²) in [7, 11) is 0. The molecule has 3 aromatic rings. The van der Waals surface area contributed by atoms with E-state index in [9.17, 15) is 20.2 Å². The lowest BCUT2D eigenvalue weighted by molar-refractivity contribution is -0.384. The first-order valence-electron chi connectivity index (χ1n) is 10.1. The molecule has 1 N–H and O–H groups in total. The lowest BCUT2D eigenvalue weighted by Gasteiger charge is -2.15. The highest BCUT2D eigenvalue weighted by atomic mass is 35.5. The summed E-state index contributed by atoms with van der Waals surface area (Å²) in [5.74, 6) is -0.426. The highest BCUT2D eigenvalue weighted by molar-refractivity contribution is 6.32. The van der Waals surface area contributed by atoms with Crippen LogP contribution in [0.2, 0.25) is 5.02 Å². The van der Waals surface area contributed by atoms with Crippen molar-refractivity contribution in [3.05, 3.63) is 98.1 Å². The van der Waals surface area contributed by atoms with E-state index in [1.54, 1.807) is 49.4 Å². The zero-order chi connectivity index (χ0) is 24.7. The Morgan fingerprint density at radius 1 is 1.15 bits per heavy atom. The van der Waals surface area contributed by atoms with Crippen molar-refractivity contribution in [3.63, 3.8) is 0 Å². The minimum atomic E-state index is -1.05. The van der Waals surface area contributed by atoms with Crippen LogP contribution in [0, 0.1) is 21.4 Å². The highest BCUT2D eigenvalue weighted by Crippen LogP contribution is 2.38. The van der Waals surface area contributed by atoms with Gasteiger partial charge in [0.25, 0.3) is 5.69 Å². The molecule has 0 saturated heterocycles. The average molecular weight is 479 g/mol. The van der Waals surface area contributed by atoms with Crippen molar-refractivity contribution >= 4 is 34.9 Å². The van der Waals surface area contributed by atoms with Crippen molar-refractivity contribution in [2.45, 2.75) is 13.5 Å². The first-order chi connectivity index (χ1) is 16.3. The largest absolute Gasteiger partial charge is 0.490 e. The van der Waals surface area contributed by atoms with E-state index in [2.05, 4.69) is 6.07 Å². The second-order valence-corrected chi connectivity index (χ2v) is 7.44. The number of halogens is 1. The summed E-state index contributed by atoms with van der Waals surface area (Å²) in [4.78, 5) is 21.6. The van der Waals surface area contributed by atoms with Crippen molar-refractivity contribution in [3.8, 4) is 17.6 Å². The van der Waals surface area contributed by atoms with E-state index in [0.29, 0.717) is 34.6 Å². The Balaban J connectivity index is 1.90. The SMILES string of the molecule is CCOc1cc(/C=C(\C#N)c2ccc(C(=O)O)cc2)cc(Cl)c1OCc1cccc([N+](=O)[O-])c1. The fourth-order valence-corrected chi connectivity index (χ4v) is 3.40. The fraction of sp³-hybridized carbons (Fsp3) is 0.120. The van der Waals surface area contributed by atoms with Gasteiger partial charge in [0.2, 0.25) is 0 Å². The summed E-state index contributed by atoms with van der Waals surface area (Å²) in [6, 6.07) is 17.4. The lowest BCUT2D eigenvalue weighted by atomic mass is 10.0. The van der Waals surface area contributed by atoms with Crippen LogP contribution in [0.15, 0.2) is 60.7 Å². The van der Waals surface area contributed by atoms with Crippen LogP contribution in [0.3, 0.4) is 0 Å². The van der Waals surface area contributed by atoms with Gasteiger partial charge in [-0.05, 0) is 54.0 Å². The Bertz CT molecular complexity index is 1300. The molecule has 0 amide bonds. The molecule has 0 aliphatic rings. The molecule has 0 aromatic heterocycles. The van der Waals surface area contributed by atoms with E-state index in [0.717, 1.165) is 0 Å². The van der Waals surface area contributed by atoms with Gasteiger partial charge in [-0.25, -0.2) is 4.79 Å². The molecule has 0 radical (unpaired) electrons. The standard InChI is InChI=1S/C25H19ClN2O6/c1-2-33-23-13-17(10-20(14-27)18-6-8-19(9-7-18)25(29)30)12-22(26)24(23)34-15-16-4-3-5-21(11-16)28(31)32/h3-13H,2,15H2,1H3,(H,29,30)/b20-10+. The maximum Gasteiger partial charge on any atom is 0.335 e. The summed E-state index contributed by atoms with van der Waals surface area (Å²) in [6.45, 7) is 2.17. The molecular weight excluding hydrogens is 460 g/mol. The predicted molar refractivity (Wildman–Crippen MR) is 127 cm³/mol. The number of carboxylic acids is 1. The minimum Gasteiger partial charge on any atom is -0.490 e. The second-order valence-electron chi connectivity index (χ2n) is 7.03. The van der Waals surface area contributed by atoms with Crippen LogP contribution in [-0.2, 0) is 6.61 Å². The molecule has 3 aromatic carbocycles. The zero-order valence-corrected chi connectivity index (χ0v) is 18.8. The van der Waals surface area contributed by atoms with Crippen LogP contribution in [0.1, 0.15) is 34.0 Å². The molecular formula is C25H19ClN2O6. The molecule has 0 atom stereocenters. The van der Waals surface area contributed by atoms with Crippen LogP contribution < -0.4 is 9.47 Å². The molecule has 172 valence electrons. The van der Waals surface area contributed by atoms with Gasteiger partial charge >= 0.3 is 5.97 Å². The summed E-state index contributed by atoms with van der Waals surface area (Å²) in [5, 5.41) is 29.9. The predicted octanol–water partition coefficient (Wildman–Crippen LogP) is 5.99. The summed E-state index contributed by atoms with van der Waals surface area (Å²) in [5.41, 5.74) is 2.10. The number of nitriles is 1. The van der Waals surface area contributed by atoms with Crippen LogP contribution >= 0.6 is 11.6 Å². The van der Waals surface area contributed by atoms with Crippen molar-refractivity contribution in [1.82, 2.24) is 0 Å². The second kappa shape index (κ2) is 11.0. The van der Waals surface area contributed by atoms with Crippen molar-refractivity contribution in [2.24, 2.45) is 0 Å². The molecule has 0 bridgehead atoms. The van der Waals surface area contributed by atoms with Gasteiger partial charge in [-0.15, -0.1) is 0 Å². The van der Waals surface area contributed by atoms with Gasteiger partial charge in [0.05, 0.1) is 33.8 Å². The summed E-state index contributed by atoms with van der Waals surface area (Å²) < 4.78 is 11.5. The van der Waals surface area contributed by atoms with E-state index in [1.807, 2.05) is 0 Å². The maximum absolute atomic E-state index is 11.1. The Morgan fingerprint density at radius 2 is 1.85 bits per heavy atom. The molecule has 0 fully saturated rings. The van der Waals surface area contributed by atoms with E-state index in [1.165, 1.54) is 24.3 Å². The van der Waals surface area contributed by atoms with Gasteiger partial charge in [-0.1, -0.05) is 35.9 Å². The first kappa shape index (κ1) is 24.3. The Hall–Kier alpha value is -4.35. The quantitative estimate of drug-likeness (QED) is 0.173. The first-order valence-corrected chi connectivity index (χ1v) is 10.5. The summed E-state index contributed by atoms with van der Waals surface area (Å²) >= 11 is 6.46. The number of hydrogen-bond donors (Lipinski definition) is 1. The van der Waals surface area contributed by atoms with Crippen LogP contribution in [0.4, 0.5) is 5.69 Å². The number of ether oxygens (including phenoxy) is 2. The lowest BCUT2D eigenvalue weighted by Crippen LogP contribution is -2.01. The van der Waals surface area contributed by atoms with E-state index in [-0.39, 0.29) is 28.6 Å². The smallest absolute Gasteiger partial charge is 0.335 e. The average Bonchev–Trinajstić information content (AvgIpc) is 2.82. The molecule has 0 spiro atoms. The molecule has 8 nitrogen and oxygen atoms in total. The van der Waals surface area contributed by atoms with Crippen LogP contribution in [-0.4, -0.2) is 22.6 Å². The molecule has 3 rings (SSSR count). The molecule has 0 unspecified atom stereocenters. The fourth-order valence-electron chi connectivity index (χ4n) is 3.13. The number of nitrogens with zero attached hydrogens (tertiary/aromatic N) is 2. The third-order valence-corrected chi connectivity index (χ3v) is 4.99. The Labute approximate surface area is 200 Å². The minimum absolute atomic E-state index is 0.0377. The molecule has 9 heteroatoms. The number of non-ortho nitro benzene ring substituents is 1. The van der Waals surface area contributed by atoms with Crippen molar-refractivity contribution < 1.29 is 24.3 Å². The van der Waals surface area contributed by atoms with Gasteiger partial charge in [0.15, 0.2) is 11.5 Å². The molecule has 0 aliphatic carbocycles. The number of hydrogen-bond acceptors (Lipinski definition) is 6. The highest BCUT2D eigenvalue weighted by Gasteiger charge is 2.14. The maximum atomic E-state index is 11.1. The normalized spacial score (nSPS) is 10.9. The van der Waals surface area contributed by atoms with Crippen molar-refractivity contribution in [1.29, 1.82) is 5.26 Å². The molecule has 0 heterocycles. The van der Waals surface area contributed by atoms with Gasteiger partial charge in [0, 0.05) is 12.1 Å². The molecule has 34 heavy (non-hydrogen) atoms. The van der Waals surface area contributed by atoms with Gasteiger partial charge in [0.1, 0.15) is 6.61 Å². The third kappa shape index (κ3) is 5.91. The van der Waals surface area contributed by atoms with Crippen LogP contribution in [0.25, 0.3) is 11.6 Å². The summed E-state index contributed by atoms with van der Waals surface area (Å²) in [6.07, 6.45) is 1.61. The number of carbonyl (C=O) groups is 1. The monoisotopic (exact) mass is 478 g/mol. The molecule has 0 saturated carbocycles. The number of aromatic carboxylic acids is 1. The Morgan fingerprint density at radius 3 is 2.47 bits per heavy atom. The topological polar surface area (TPSA) is 123 Å². The van der Waals surface area contributed by atoms with Gasteiger partial charge in [-0.2, -0.15) is 5.26 Å². The van der Waals surface area contributed by atoms with Gasteiger partial charge in [-0.3, -0.25) is 10.1 Å². The zero-order valence-electron chi connectivity index (χ0n) is 18.0. The number of benzene rings is 3. The number of nitro benzene ring substituents is 1. The Kier molecular flexibility index (Phi) is 7.85. The third-order valence-electron chi connectivity index (χ3n) is 4.71. The van der Waals surface area contributed by atoms with E-state index >= 15 is 0 Å². The van der Waals surface area contributed by atoms with Crippen molar-refractivity contribution in [2.75, 3.05) is 6.61 Å².